The molecule has 3 rings (SSSR count). The van der Waals surface area contributed by atoms with E-state index >= 15 is 0 Å². The summed E-state index contributed by atoms with van der Waals surface area (Å²) in [5.74, 6) is 0. The van der Waals surface area contributed by atoms with Crippen LogP contribution < -0.4 is 0 Å². The standard InChI is InChI=1S/C19H26Cl2N2O2Si/c1-19(2,3)26(4,5)25-11-14-7-6-13(10-24-14)23-12-22-17-8-15(20)16(21)9-18(17)23/h6-9,12-14H,10-11H2,1-5H3. The van der Waals surface area contributed by atoms with Crippen molar-refractivity contribution in [1.82, 2.24) is 9.55 Å². The summed E-state index contributed by atoms with van der Waals surface area (Å²) in [5, 5.41) is 1.24. The molecule has 7 heteroatoms. The molecule has 0 saturated carbocycles. The fourth-order valence-electron chi connectivity index (χ4n) is 2.66. The summed E-state index contributed by atoms with van der Waals surface area (Å²) in [6.07, 6.45) is 6.05. The first-order valence-corrected chi connectivity index (χ1v) is 12.5. The lowest BCUT2D eigenvalue weighted by atomic mass is 10.2. The van der Waals surface area contributed by atoms with Gasteiger partial charge in [0.15, 0.2) is 8.32 Å². The zero-order valence-corrected chi connectivity index (χ0v) is 18.4. The maximum Gasteiger partial charge on any atom is 0.192 e. The Bertz CT molecular complexity index is 827. The van der Waals surface area contributed by atoms with E-state index in [9.17, 15) is 0 Å². The number of halogens is 2. The van der Waals surface area contributed by atoms with Gasteiger partial charge in [0, 0.05) is 0 Å². The number of aromatic nitrogens is 2. The number of rotatable bonds is 4. The minimum absolute atomic E-state index is 0.00630. The molecule has 0 amide bonds. The molecule has 2 atom stereocenters. The molecule has 142 valence electrons. The summed E-state index contributed by atoms with van der Waals surface area (Å²) >= 11 is 12.2. The Kier molecular flexibility index (Phi) is 5.57. The zero-order chi connectivity index (χ0) is 19.1. The highest BCUT2D eigenvalue weighted by atomic mass is 35.5. The molecule has 26 heavy (non-hydrogen) atoms. The molecule has 2 unspecified atom stereocenters. The van der Waals surface area contributed by atoms with Gasteiger partial charge in [-0.2, -0.15) is 0 Å². The third kappa shape index (κ3) is 4.02. The van der Waals surface area contributed by atoms with Crippen LogP contribution in [0.5, 0.6) is 0 Å². The molecule has 2 heterocycles. The SMILES string of the molecule is CC(C)(C)[Si](C)(C)OCC1C=CC(n2cnc3cc(Cl)c(Cl)cc32)CO1. The topological polar surface area (TPSA) is 36.3 Å². The van der Waals surface area contributed by atoms with E-state index in [1.165, 1.54) is 0 Å². The molecule has 0 bridgehead atoms. The fraction of sp³-hybridized carbons (Fsp3) is 0.526. The largest absolute Gasteiger partial charge is 0.414 e. The van der Waals surface area contributed by atoms with Gasteiger partial charge in [-0.3, -0.25) is 0 Å². The van der Waals surface area contributed by atoms with Gasteiger partial charge in [-0.25, -0.2) is 4.98 Å². The number of hydrogen-bond donors (Lipinski definition) is 0. The predicted octanol–water partition coefficient (Wildman–Crippen LogP) is 5.86. The molecule has 1 aliphatic rings. The average Bonchev–Trinajstić information content (AvgIpc) is 2.95. The van der Waals surface area contributed by atoms with Crippen molar-refractivity contribution < 1.29 is 9.16 Å². The molecule has 1 aromatic heterocycles. The minimum atomic E-state index is -1.76. The van der Waals surface area contributed by atoms with E-state index in [0.717, 1.165) is 11.0 Å². The molecule has 1 aromatic carbocycles. The lowest BCUT2D eigenvalue weighted by Gasteiger charge is -2.37. The molecule has 2 aromatic rings. The molecule has 0 radical (unpaired) electrons. The summed E-state index contributed by atoms with van der Waals surface area (Å²) in [4.78, 5) is 4.42. The summed E-state index contributed by atoms with van der Waals surface area (Å²) in [5.41, 5.74) is 1.78. The maximum absolute atomic E-state index is 6.27. The number of hydrogen-bond acceptors (Lipinski definition) is 3. The third-order valence-electron chi connectivity index (χ3n) is 5.42. The Labute approximate surface area is 166 Å². The Morgan fingerprint density at radius 1 is 1.23 bits per heavy atom. The molecular formula is C19H26Cl2N2O2Si. The first-order chi connectivity index (χ1) is 12.1. The number of fused-ring (bicyclic) bond motifs is 1. The van der Waals surface area contributed by atoms with Gasteiger partial charge in [0.05, 0.1) is 52.8 Å². The van der Waals surface area contributed by atoms with Gasteiger partial charge in [-0.15, -0.1) is 0 Å². The molecule has 0 spiro atoms. The smallest absolute Gasteiger partial charge is 0.192 e. The van der Waals surface area contributed by atoms with Crippen LogP contribution in [0.4, 0.5) is 0 Å². The summed E-state index contributed by atoms with van der Waals surface area (Å²) in [7, 11) is -1.76. The highest BCUT2D eigenvalue weighted by Crippen LogP contribution is 2.37. The van der Waals surface area contributed by atoms with Crippen molar-refractivity contribution in [3.05, 3.63) is 40.7 Å². The van der Waals surface area contributed by atoms with Crippen LogP contribution in [0.1, 0.15) is 26.8 Å². The van der Waals surface area contributed by atoms with E-state index in [1.54, 1.807) is 6.07 Å². The predicted molar refractivity (Wildman–Crippen MR) is 111 cm³/mol. The molecule has 0 saturated heterocycles. The van der Waals surface area contributed by atoms with Crippen molar-refractivity contribution in [3.63, 3.8) is 0 Å². The number of benzene rings is 1. The van der Waals surface area contributed by atoms with E-state index in [4.69, 9.17) is 32.4 Å². The number of imidazole rings is 1. The number of ether oxygens (including phenoxy) is 1. The van der Waals surface area contributed by atoms with Crippen molar-refractivity contribution in [2.45, 2.75) is 51.0 Å². The van der Waals surface area contributed by atoms with Crippen molar-refractivity contribution in [2.24, 2.45) is 0 Å². The van der Waals surface area contributed by atoms with Crippen LogP contribution in [0, 0.1) is 0 Å². The minimum Gasteiger partial charge on any atom is -0.414 e. The Morgan fingerprint density at radius 3 is 2.54 bits per heavy atom. The van der Waals surface area contributed by atoms with Crippen LogP contribution in [0.2, 0.25) is 28.2 Å². The lowest BCUT2D eigenvalue weighted by molar-refractivity contribution is 0.0261. The van der Waals surface area contributed by atoms with Crippen LogP contribution in [-0.4, -0.2) is 37.2 Å². The summed E-state index contributed by atoms with van der Waals surface area (Å²) in [6, 6.07) is 3.73. The Balaban J connectivity index is 1.69. The van der Waals surface area contributed by atoms with Gasteiger partial charge in [0.1, 0.15) is 0 Å². The Hall–Kier alpha value is -0.853. The van der Waals surface area contributed by atoms with Gasteiger partial charge < -0.3 is 13.7 Å². The van der Waals surface area contributed by atoms with Crippen molar-refractivity contribution in [3.8, 4) is 0 Å². The second kappa shape index (κ2) is 7.28. The van der Waals surface area contributed by atoms with E-state index in [0.29, 0.717) is 23.3 Å². The van der Waals surface area contributed by atoms with E-state index in [1.807, 2.05) is 12.4 Å². The van der Waals surface area contributed by atoms with Crippen LogP contribution in [0.15, 0.2) is 30.6 Å². The van der Waals surface area contributed by atoms with E-state index in [-0.39, 0.29) is 17.2 Å². The monoisotopic (exact) mass is 412 g/mol. The van der Waals surface area contributed by atoms with E-state index in [2.05, 4.69) is 55.6 Å². The first kappa shape index (κ1) is 19.9. The first-order valence-electron chi connectivity index (χ1n) is 8.84. The fourth-order valence-corrected chi connectivity index (χ4v) is 3.99. The van der Waals surface area contributed by atoms with Gasteiger partial charge in [-0.1, -0.05) is 56.1 Å². The van der Waals surface area contributed by atoms with Gasteiger partial charge in [-0.05, 0) is 30.3 Å². The van der Waals surface area contributed by atoms with Crippen molar-refractivity contribution in [1.29, 1.82) is 0 Å². The maximum atomic E-state index is 6.27. The molecule has 4 nitrogen and oxygen atoms in total. The van der Waals surface area contributed by atoms with Gasteiger partial charge in [0.2, 0.25) is 0 Å². The van der Waals surface area contributed by atoms with Gasteiger partial charge in [0.25, 0.3) is 0 Å². The molecule has 1 aliphatic heterocycles. The average molecular weight is 413 g/mol. The van der Waals surface area contributed by atoms with Crippen LogP contribution in [0.3, 0.4) is 0 Å². The highest BCUT2D eigenvalue weighted by molar-refractivity contribution is 6.74. The molecule has 0 N–H and O–H groups in total. The van der Waals surface area contributed by atoms with Gasteiger partial charge >= 0.3 is 0 Å². The second-order valence-electron chi connectivity index (χ2n) is 8.30. The zero-order valence-electron chi connectivity index (χ0n) is 15.9. The highest BCUT2D eigenvalue weighted by Gasteiger charge is 2.37. The van der Waals surface area contributed by atoms with Crippen molar-refractivity contribution in [2.75, 3.05) is 13.2 Å². The summed E-state index contributed by atoms with van der Waals surface area (Å²) < 4.78 is 14.4. The Morgan fingerprint density at radius 2 is 1.92 bits per heavy atom. The van der Waals surface area contributed by atoms with Crippen LogP contribution >= 0.6 is 23.2 Å². The second-order valence-corrected chi connectivity index (χ2v) is 13.9. The normalized spacial score (nSPS) is 21.5. The lowest BCUT2D eigenvalue weighted by Crippen LogP contribution is -2.43. The third-order valence-corrected chi connectivity index (χ3v) is 10.6. The van der Waals surface area contributed by atoms with Crippen LogP contribution in [0.25, 0.3) is 11.0 Å². The summed E-state index contributed by atoms with van der Waals surface area (Å²) in [6.45, 7) is 12.4. The molecular weight excluding hydrogens is 387 g/mol. The van der Waals surface area contributed by atoms with Crippen molar-refractivity contribution >= 4 is 42.6 Å². The molecule has 0 fully saturated rings. The quantitative estimate of drug-likeness (QED) is 0.465. The molecule has 0 aliphatic carbocycles. The number of nitrogens with zero attached hydrogens (tertiary/aromatic N) is 2. The van der Waals surface area contributed by atoms with E-state index < -0.39 is 8.32 Å². The van der Waals surface area contributed by atoms with Crippen LogP contribution in [-0.2, 0) is 9.16 Å².